The average molecular weight is 490 g/mol. The van der Waals surface area contributed by atoms with Crippen LogP contribution in [0.5, 0.6) is 0 Å². The first-order valence-electron chi connectivity index (χ1n) is 11.3. The Morgan fingerprint density at radius 3 is 2.43 bits per heavy atom. The van der Waals surface area contributed by atoms with Gasteiger partial charge in [0.2, 0.25) is 0 Å². The van der Waals surface area contributed by atoms with Crippen LogP contribution >= 0.6 is 0 Å². The molecule has 0 fully saturated rings. The molecule has 4 rings (SSSR count). The monoisotopic (exact) mass is 489 g/mol. The lowest BCUT2D eigenvalue weighted by molar-refractivity contribution is -0.135. The molecule has 0 saturated heterocycles. The molecule has 0 radical (unpaired) electrons. The second-order valence-electron chi connectivity index (χ2n) is 8.89. The van der Waals surface area contributed by atoms with Gasteiger partial charge >= 0.3 is 5.97 Å². The highest BCUT2D eigenvalue weighted by Gasteiger charge is 2.34. The average Bonchev–Trinajstić information content (AvgIpc) is 3.19. The molecule has 0 aliphatic carbocycles. The van der Waals surface area contributed by atoms with Crippen LogP contribution in [0.25, 0.3) is 0 Å². The van der Waals surface area contributed by atoms with E-state index >= 15 is 0 Å². The molecule has 1 aliphatic heterocycles. The van der Waals surface area contributed by atoms with Crippen molar-refractivity contribution in [2.45, 2.75) is 38.6 Å². The predicted octanol–water partition coefficient (Wildman–Crippen LogP) is 4.33. The molecule has 1 aliphatic rings. The number of benzene rings is 3. The highest BCUT2D eigenvalue weighted by molar-refractivity contribution is 7.93. The number of hydrogen-bond donors (Lipinski definition) is 1. The van der Waals surface area contributed by atoms with Gasteiger partial charge in [-0.1, -0.05) is 35.9 Å². The summed E-state index contributed by atoms with van der Waals surface area (Å²) in [5, 5.41) is 18.8. The zero-order valence-corrected chi connectivity index (χ0v) is 20.8. The highest BCUT2D eigenvalue weighted by Crippen LogP contribution is 2.39. The molecule has 3 aromatic carbocycles. The minimum absolute atomic E-state index is 0.144. The van der Waals surface area contributed by atoms with Crippen molar-refractivity contribution in [2.75, 3.05) is 22.3 Å². The van der Waals surface area contributed by atoms with Gasteiger partial charge in [0, 0.05) is 24.3 Å². The molecule has 0 atom stereocenters. The fourth-order valence-corrected chi connectivity index (χ4v) is 6.81. The van der Waals surface area contributed by atoms with Gasteiger partial charge in [0.1, 0.15) is 6.54 Å². The van der Waals surface area contributed by atoms with Gasteiger partial charge in [0.05, 0.1) is 22.2 Å². The number of aliphatic carboxylic acids is 1. The molecule has 35 heavy (non-hydrogen) atoms. The molecule has 1 N–H and O–H groups in total. The van der Waals surface area contributed by atoms with Crippen LogP contribution in [0.4, 0.5) is 11.4 Å². The Balaban J connectivity index is 1.78. The largest absolute Gasteiger partial charge is 0.480 e. The summed E-state index contributed by atoms with van der Waals surface area (Å²) in [6, 6.07) is 18.5. The highest BCUT2D eigenvalue weighted by atomic mass is 32.2. The van der Waals surface area contributed by atoms with Crippen LogP contribution in [-0.4, -0.2) is 32.6 Å². The second kappa shape index (κ2) is 9.43. The number of nitrogens with zero attached hydrogens (tertiary/aromatic N) is 3. The summed E-state index contributed by atoms with van der Waals surface area (Å²) in [7, 11) is -4.14. The first-order chi connectivity index (χ1) is 16.6. The zero-order valence-electron chi connectivity index (χ0n) is 19.9. The van der Waals surface area contributed by atoms with E-state index in [2.05, 4.69) is 11.0 Å². The number of fused-ring (bicyclic) bond motifs is 1. The molecule has 0 amide bonds. The topological polar surface area (TPSA) is 102 Å². The Hall–Kier alpha value is -3.83. The molecule has 0 spiro atoms. The molecule has 0 unspecified atom stereocenters. The summed E-state index contributed by atoms with van der Waals surface area (Å²) in [5.41, 5.74) is 5.73. The van der Waals surface area contributed by atoms with Crippen LogP contribution in [0.2, 0.25) is 0 Å². The Labute approximate surface area is 205 Å². The number of anilines is 2. The third kappa shape index (κ3) is 4.73. The summed E-state index contributed by atoms with van der Waals surface area (Å²) in [5.74, 6) is -1.23. The lowest BCUT2D eigenvalue weighted by atomic mass is 10.1. The van der Waals surface area contributed by atoms with Crippen LogP contribution in [0.15, 0.2) is 59.5 Å². The predicted molar refractivity (Wildman–Crippen MR) is 135 cm³/mol. The molecule has 7 nitrogen and oxygen atoms in total. The van der Waals surface area contributed by atoms with Crippen molar-refractivity contribution in [1.29, 1.82) is 5.26 Å². The summed E-state index contributed by atoms with van der Waals surface area (Å²) in [6.45, 7) is 5.92. The third-order valence-electron chi connectivity index (χ3n) is 6.23. The van der Waals surface area contributed by atoms with E-state index in [-0.39, 0.29) is 4.90 Å². The van der Waals surface area contributed by atoms with E-state index in [0.29, 0.717) is 41.9 Å². The Bertz CT molecular complexity index is 1430. The maximum absolute atomic E-state index is 13.9. The van der Waals surface area contributed by atoms with Crippen molar-refractivity contribution < 1.29 is 18.3 Å². The van der Waals surface area contributed by atoms with E-state index in [1.807, 2.05) is 31.2 Å². The van der Waals surface area contributed by atoms with Crippen molar-refractivity contribution in [1.82, 2.24) is 0 Å². The fraction of sp³-hybridized carbons (Fsp3) is 0.259. The first kappa shape index (κ1) is 24.3. The first-order valence-corrected chi connectivity index (χ1v) is 12.7. The molecule has 8 heteroatoms. The number of sulfonamides is 1. The van der Waals surface area contributed by atoms with E-state index in [0.717, 1.165) is 26.7 Å². The normalized spacial score (nSPS) is 12.8. The number of carboxylic acid groups (broad SMARTS) is 1. The Morgan fingerprint density at radius 1 is 1.09 bits per heavy atom. The summed E-state index contributed by atoms with van der Waals surface area (Å²) in [4.78, 5) is 14.1. The van der Waals surface area contributed by atoms with Gasteiger partial charge in [0.25, 0.3) is 10.0 Å². The molecule has 0 bridgehead atoms. The molecule has 3 aromatic rings. The smallest absolute Gasteiger partial charge is 0.324 e. The molecular formula is C27H27N3O4S. The van der Waals surface area contributed by atoms with E-state index < -0.39 is 22.5 Å². The summed E-state index contributed by atoms with van der Waals surface area (Å²) < 4.78 is 28.8. The van der Waals surface area contributed by atoms with Crippen molar-refractivity contribution in [3.05, 3.63) is 88.0 Å². The van der Waals surface area contributed by atoms with Gasteiger partial charge in [-0.2, -0.15) is 5.26 Å². The number of hydrogen-bond acceptors (Lipinski definition) is 5. The van der Waals surface area contributed by atoms with Crippen LogP contribution in [0.3, 0.4) is 0 Å². The number of nitriles is 1. The minimum atomic E-state index is -4.14. The van der Waals surface area contributed by atoms with Crippen LogP contribution < -0.4 is 9.21 Å². The van der Waals surface area contributed by atoms with E-state index in [9.17, 15) is 23.6 Å². The maximum atomic E-state index is 13.9. The summed E-state index contributed by atoms with van der Waals surface area (Å²) in [6.07, 6.45) is 0.584. The second-order valence-corrected chi connectivity index (χ2v) is 10.7. The van der Waals surface area contributed by atoms with Gasteiger partial charge in [-0.05, 0) is 68.1 Å². The fourth-order valence-electron chi connectivity index (χ4n) is 4.95. The van der Waals surface area contributed by atoms with Gasteiger partial charge < -0.3 is 10.0 Å². The molecule has 0 aromatic heterocycles. The van der Waals surface area contributed by atoms with E-state index in [4.69, 9.17) is 0 Å². The van der Waals surface area contributed by atoms with E-state index in [1.165, 1.54) is 0 Å². The van der Waals surface area contributed by atoms with Crippen molar-refractivity contribution in [3.8, 4) is 6.07 Å². The third-order valence-corrected chi connectivity index (χ3v) is 8.29. The number of carbonyl (C=O) groups is 1. The van der Waals surface area contributed by atoms with Crippen molar-refractivity contribution in [2.24, 2.45) is 0 Å². The molecule has 0 saturated carbocycles. The zero-order chi connectivity index (χ0) is 25.3. The lowest BCUT2D eigenvalue weighted by Crippen LogP contribution is -2.37. The number of aryl methyl sites for hydroxylation is 3. The Morgan fingerprint density at radius 2 is 1.77 bits per heavy atom. The standard InChI is InChI=1S/C27H27N3O4S/c1-18-12-19(2)27(20(3)13-18)35(33,34)30(17-26(31)32)25-9-5-8-24-23(25)10-11-29(24)16-22-7-4-6-21(14-22)15-28/h4-9,12-14H,10-11,16-17H2,1-3H3,(H,31,32). The Kier molecular flexibility index (Phi) is 6.55. The lowest BCUT2D eigenvalue weighted by Gasteiger charge is -2.27. The van der Waals surface area contributed by atoms with Crippen LogP contribution in [0, 0.1) is 32.1 Å². The van der Waals surface area contributed by atoms with E-state index in [1.54, 1.807) is 44.2 Å². The van der Waals surface area contributed by atoms with Crippen LogP contribution in [-0.2, 0) is 27.8 Å². The minimum Gasteiger partial charge on any atom is -0.480 e. The summed E-state index contributed by atoms with van der Waals surface area (Å²) >= 11 is 0. The van der Waals surface area contributed by atoms with Crippen molar-refractivity contribution in [3.63, 3.8) is 0 Å². The van der Waals surface area contributed by atoms with Gasteiger partial charge in [-0.15, -0.1) is 0 Å². The van der Waals surface area contributed by atoms with Gasteiger partial charge in [-0.3, -0.25) is 9.10 Å². The maximum Gasteiger partial charge on any atom is 0.324 e. The van der Waals surface area contributed by atoms with Crippen LogP contribution in [0.1, 0.15) is 33.4 Å². The SMILES string of the molecule is Cc1cc(C)c(S(=O)(=O)N(CC(=O)O)c2cccc3c2CCN3Cc2cccc(C#N)c2)c(C)c1. The van der Waals surface area contributed by atoms with Gasteiger partial charge in [-0.25, -0.2) is 8.42 Å². The number of carboxylic acids is 1. The molecular weight excluding hydrogens is 462 g/mol. The quantitative estimate of drug-likeness (QED) is 0.530. The molecule has 180 valence electrons. The number of rotatable bonds is 7. The van der Waals surface area contributed by atoms with Gasteiger partial charge in [0.15, 0.2) is 0 Å². The van der Waals surface area contributed by atoms with Crippen molar-refractivity contribution >= 4 is 27.4 Å². The molecule has 1 heterocycles.